The van der Waals surface area contributed by atoms with Crippen molar-refractivity contribution in [3.05, 3.63) is 66.0 Å². The summed E-state index contributed by atoms with van der Waals surface area (Å²) >= 11 is 0. The lowest BCUT2D eigenvalue weighted by Gasteiger charge is -2.16. The van der Waals surface area contributed by atoms with Crippen LogP contribution in [0.4, 0.5) is 5.82 Å². The number of imidazole rings is 1. The Morgan fingerprint density at radius 3 is 2.48 bits per heavy atom. The molecule has 0 amide bonds. The maximum absolute atomic E-state index is 4.54. The van der Waals surface area contributed by atoms with Gasteiger partial charge in [0.1, 0.15) is 11.6 Å². The molecule has 0 aliphatic heterocycles. The third-order valence-corrected chi connectivity index (χ3v) is 4.28. The van der Waals surface area contributed by atoms with E-state index in [9.17, 15) is 0 Å². The number of fused-ring (bicyclic) bond motifs is 1. The highest BCUT2D eigenvalue weighted by molar-refractivity contribution is 5.46. The molecule has 1 N–H and O–H groups in total. The first-order chi connectivity index (χ1) is 12.1. The van der Waals surface area contributed by atoms with Gasteiger partial charge in [-0.25, -0.2) is 4.98 Å². The standard InChI is InChI=1S/C18H19N7/c1-12(20-17-8-9-18-22-21-14(3)25(18)23-17)15-4-6-16(7-5-15)24-11-10-19-13(24)2/h4-12H,1-3H3,(H,20,23)/t12-/m1/s1. The van der Waals surface area contributed by atoms with Gasteiger partial charge in [0.15, 0.2) is 11.5 Å². The molecule has 4 rings (SSSR count). The van der Waals surface area contributed by atoms with E-state index in [0.717, 1.165) is 28.8 Å². The van der Waals surface area contributed by atoms with E-state index in [0.29, 0.717) is 0 Å². The van der Waals surface area contributed by atoms with Crippen LogP contribution in [-0.4, -0.2) is 29.4 Å². The topological polar surface area (TPSA) is 72.9 Å². The summed E-state index contributed by atoms with van der Waals surface area (Å²) in [6.07, 6.45) is 3.77. The van der Waals surface area contributed by atoms with E-state index in [1.807, 2.05) is 38.4 Å². The van der Waals surface area contributed by atoms with Crippen LogP contribution < -0.4 is 5.32 Å². The fourth-order valence-corrected chi connectivity index (χ4v) is 2.85. The molecule has 1 atom stereocenters. The van der Waals surface area contributed by atoms with Gasteiger partial charge in [0.25, 0.3) is 0 Å². The Balaban J connectivity index is 1.54. The van der Waals surface area contributed by atoms with Gasteiger partial charge in [0, 0.05) is 24.1 Å². The van der Waals surface area contributed by atoms with Crippen molar-refractivity contribution in [3.63, 3.8) is 0 Å². The van der Waals surface area contributed by atoms with Gasteiger partial charge in [-0.1, -0.05) is 12.1 Å². The van der Waals surface area contributed by atoms with Crippen LogP contribution in [0.5, 0.6) is 0 Å². The van der Waals surface area contributed by atoms with Crippen molar-refractivity contribution in [2.24, 2.45) is 0 Å². The number of benzene rings is 1. The predicted molar refractivity (Wildman–Crippen MR) is 95.9 cm³/mol. The summed E-state index contributed by atoms with van der Waals surface area (Å²) in [5.41, 5.74) is 3.03. The molecule has 126 valence electrons. The lowest BCUT2D eigenvalue weighted by atomic mass is 10.1. The molecule has 0 spiro atoms. The zero-order valence-corrected chi connectivity index (χ0v) is 14.4. The van der Waals surface area contributed by atoms with Crippen molar-refractivity contribution in [3.8, 4) is 5.69 Å². The highest BCUT2D eigenvalue weighted by atomic mass is 15.4. The van der Waals surface area contributed by atoms with Crippen LogP contribution in [0.15, 0.2) is 48.8 Å². The number of rotatable bonds is 4. The van der Waals surface area contributed by atoms with Crippen molar-refractivity contribution >= 4 is 11.5 Å². The van der Waals surface area contributed by atoms with E-state index in [2.05, 4.69) is 61.4 Å². The summed E-state index contributed by atoms with van der Waals surface area (Å²) in [6, 6.07) is 12.4. The Hall–Kier alpha value is -3.22. The highest BCUT2D eigenvalue weighted by Crippen LogP contribution is 2.20. The lowest BCUT2D eigenvalue weighted by Crippen LogP contribution is -2.10. The summed E-state index contributed by atoms with van der Waals surface area (Å²) in [4.78, 5) is 4.26. The average Bonchev–Trinajstić information content (AvgIpc) is 3.21. The lowest BCUT2D eigenvalue weighted by molar-refractivity contribution is 0.828. The van der Waals surface area contributed by atoms with E-state index < -0.39 is 0 Å². The SMILES string of the molecule is Cc1nccn1-c1ccc([C@@H](C)Nc2ccc3nnc(C)n3n2)cc1. The van der Waals surface area contributed by atoms with E-state index in [4.69, 9.17) is 0 Å². The number of hydrogen-bond donors (Lipinski definition) is 1. The van der Waals surface area contributed by atoms with E-state index in [1.165, 1.54) is 5.56 Å². The molecule has 0 saturated carbocycles. The first-order valence-corrected chi connectivity index (χ1v) is 8.18. The largest absolute Gasteiger partial charge is 0.362 e. The molecular weight excluding hydrogens is 314 g/mol. The van der Waals surface area contributed by atoms with E-state index >= 15 is 0 Å². The van der Waals surface area contributed by atoms with Crippen molar-refractivity contribution in [2.45, 2.75) is 26.8 Å². The quantitative estimate of drug-likeness (QED) is 0.621. The van der Waals surface area contributed by atoms with Gasteiger partial charge < -0.3 is 9.88 Å². The predicted octanol–water partition coefficient (Wildman–Crippen LogP) is 3.10. The zero-order chi connectivity index (χ0) is 17.4. The van der Waals surface area contributed by atoms with Crippen LogP contribution >= 0.6 is 0 Å². The van der Waals surface area contributed by atoms with Crippen LogP contribution in [0.1, 0.15) is 30.2 Å². The van der Waals surface area contributed by atoms with Crippen molar-refractivity contribution < 1.29 is 0 Å². The van der Waals surface area contributed by atoms with Gasteiger partial charge >= 0.3 is 0 Å². The maximum atomic E-state index is 4.54. The summed E-state index contributed by atoms with van der Waals surface area (Å²) in [5.74, 6) is 2.53. The molecule has 0 saturated heterocycles. The fraction of sp³-hybridized carbons (Fsp3) is 0.222. The van der Waals surface area contributed by atoms with Gasteiger partial charge in [-0.05, 0) is 50.6 Å². The second kappa shape index (κ2) is 6.01. The monoisotopic (exact) mass is 333 g/mol. The van der Waals surface area contributed by atoms with Crippen LogP contribution in [0, 0.1) is 13.8 Å². The normalized spacial score (nSPS) is 12.4. The number of nitrogens with one attached hydrogen (secondary N) is 1. The Bertz CT molecular complexity index is 1010. The van der Waals surface area contributed by atoms with Crippen molar-refractivity contribution in [1.29, 1.82) is 0 Å². The van der Waals surface area contributed by atoms with Gasteiger partial charge in [0.2, 0.25) is 0 Å². The molecule has 0 bridgehead atoms. The first kappa shape index (κ1) is 15.3. The van der Waals surface area contributed by atoms with Crippen LogP contribution in [-0.2, 0) is 0 Å². The van der Waals surface area contributed by atoms with Crippen molar-refractivity contribution in [1.82, 2.24) is 29.4 Å². The molecule has 7 nitrogen and oxygen atoms in total. The molecule has 7 heteroatoms. The Morgan fingerprint density at radius 2 is 1.76 bits per heavy atom. The minimum atomic E-state index is 0.125. The first-order valence-electron chi connectivity index (χ1n) is 8.18. The van der Waals surface area contributed by atoms with Gasteiger partial charge in [0.05, 0.1) is 0 Å². The molecule has 0 unspecified atom stereocenters. The molecule has 0 aliphatic rings. The Morgan fingerprint density at radius 1 is 0.960 bits per heavy atom. The molecular formula is C18H19N7. The third kappa shape index (κ3) is 2.84. The summed E-state index contributed by atoms with van der Waals surface area (Å²) in [6.45, 7) is 5.99. The van der Waals surface area contributed by atoms with Crippen LogP contribution in [0.2, 0.25) is 0 Å². The molecule has 3 aromatic heterocycles. The number of anilines is 1. The van der Waals surface area contributed by atoms with Gasteiger partial charge in [-0.2, -0.15) is 4.52 Å². The molecule has 25 heavy (non-hydrogen) atoms. The molecule has 0 fully saturated rings. The van der Waals surface area contributed by atoms with E-state index in [1.54, 1.807) is 4.52 Å². The van der Waals surface area contributed by atoms with Crippen LogP contribution in [0.25, 0.3) is 11.3 Å². The molecule has 4 aromatic rings. The molecule has 0 radical (unpaired) electrons. The average molecular weight is 333 g/mol. The summed E-state index contributed by atoms with van der Waals surface area (Å²) < 4.78 is 3.80. The zero-order valence-electron chi connectivity index (χ0n) is 14.4. The van der Waals surface area contributed by atoms with Gasteiger partial charge in [-0.3, -0.25) is 0 Å². The second-order valence-electron chi connectivity index (χ2n) is 6.04. The number of hydrogen-bond acceptors (Lipinski definition) is 5. The van der Waals surface area contributed by atoms with E-state index in [-0.39, 0.29) is 6.04 Å². The Kier molecular flexibility index (Phi) is 3.68. The highest BCUT2D eigenvalue weighted by Gasteiger charge is 2.09. The maximum Gasteiger partial charge on any atom is 0.178 e. The molecule has 0 aliphatic carbocycles. The number of nitrogens with zero attached hydrogens (tertiary/aromatic N) is 6. The fourth-order valence-electron chi connectivity index (χ4n) is 2.85. The number of aromatic nitrogens is 6. The third-order valence-electron chi connectivity index (χ3n) is 4.28. The number of aryl methyl sites for hydroxylation is 2. The van der Waals surface area contributed by atoms with Gasteiger partial charge in [-0.15, -0.1) is 15.3 Å². The van der Waals surface area contributed by atoms with Crippen LogP contribution in [0.3, 0.4) is 0 Å². The second-order valence-corrected chi connectivity index (χ2v) is 6.04. The smallest absolute Gasteiger partial charge is 0.178 e. The molecule has 3 heterocycles. The minimum Gasteiger partial charge on any atom is -0.362 e. The summed E-state index contributed by atoms with van der Waals surface area (Å²) in [7, 11) is 0. The Labute approximate surface area is 145 Å². The van der Waals surface area contributed by atoms with Crippen molar-refractivity contribution in [2.75, 3.05) is 5.32 Å². The minimum absolute atomic E-state index is 0.125. The molecule has 1 aromatic carbocycles. The summed E-state index contributed by atoms with van der Waals surface area (Å²) in [5, 5.41) is 16.0.